The second-order valence-electron chi connectivity index (χ2n) is 9.80. The number of benzene rings is 2. The summed E-state index contributed by atoms with van der Waals surface area (Å²) in [5, 5.41) is 0. The molecule has 1 aliphatic heterocycles. The van der Waals surface area contributed by atoms with Crippen molar-refractivity contribution in [1.82, 2.24) is 14.3 Å². The second-order valence-corrected chi connectivity index (χ2v) is 10.7. The molecule has 0 spiro atoms. The van der Waals surface area contributed by atoms with Crippen LogP contribution in [0.4, 0.5) is 5.69 Å². The highest BCUT2D eigenvalue weighted by Gasteiger charge is 2.19. The largest absolute Gasteiger partial charge is 0.369 e. The first-order valence-electron chi connectivity index (χ1n) is 12.7. The number of piperazine rings is 1. The lowest BCUT2D eigenvalue weighted by Gasteiger charge is -2.35. The highest BCUT2D eigenvalue weighted by Crippen LogP contribution is 2.24. The van der Waals surface area contributed by atoms with Crippen LogP contribution in [0.1, 0.15) is 44.0 Å². The zero-order valence-corrected chi connectivity index (χ0v) is 22.9. The predicted molar refractivity (Wildman–Crippen MR) is 151 cm³/mol. The minimum Gasteiger partial charge on any atom is -0.369 e. The molecule has 7 heteroatoms. The smallest absolute Gasteiger partial charge is 0.185 e. The molecule has 0 unspecified atom stereocenters. The molecule has 0 aliphatic carbocycles. The van der Waals surface area contributed by atoms with E-state index in [4.69, 9.17) is 0 Å². The van der Waals surface area contributed by atoms with Crippen molar-refractivity contribution in [2.75, 3.05) is 38.1 Å². The van der Waals surface area contributed by atoms with Crippen molar-refractivity contribution in [2.24, 2.45) is 0 Å². The number of nitrogens with zero attached hydrogens (tertiary/aromatic N) is 4. The van der Waals surface area contributed by atoms with Gasteiger partial charge in [-0.15, -0.1) is 0 Å². The normalized spacial score (nSPS) is 14.3. The van der Waals surface area contributed by atoms with E-state index in [0.29, 0.717) is 24.1 Å². The molecule has 1 fully saturated rings. The van der Waals surface area contributed by atoms with E-state index >= 15 is 0 Å². The van der Waals surface area contributed by atoms with Crippen LogP contribution < -0.4 is 4.90 Å². The summed E-state index contributed by atoms with van der Waals surface area (Å²) in [5.41, 5.74) is 6.24. The summed E-state index contributed by atoms with van der Waals surface area (Å²) in [5.74, 6) is 0.0742. The number of hydrogen-bond acceptors (Lipinski definition) is 5. The predicted octanol–water partition coefficient (Wildman–Crippen LogP) is 5.40. The van der Waals surface area contributed by atoms with E-state index in [2.05, 4.69) is 56.0 Å². The number of halogens is 1. The van der Waals surface area contributed by atoms with Crippen molar-refractivity contribution in [3.8, 4) is 0 Å². The number of rotatable bonds is 8. The number of anilines is 1. The molecule has 0 amide bonds. The third-order valence-electron chi connectivity index (χ3n) is 7.24. The number of hydrogen-bond donors (Lipinski definition) is 0. The minimum absolute atomic E-state index is 0.0244. The first-order chi connectivity index (χ1) is 17.9. The van der Waals surface area contributed by atoms with Crippen molar-refractivity contribution in [1.29, 1.82) is 0 Å². The number of imidazole rings is 1. The van der Waals surface area contributed by atoms with Gasteiger partial charge in [0.05, 0.1) is 6.20 Å². The first kappa shape index (κ1) is 25.4. The standard InChI is InChI=1S/C30H31BrN4O2/c1-21-7-8-23(17-24(21)18-29(37)27-20-32-30-19-25(31)11-12-35(27)30)28(36)10-9-22-5-3-4-6-26(22)34-15-13-33(2)14-16-34/h3-8,11-12,17,19-20H,9-10,13-16,18H2,1-2H3. The lowest BCUT2D eigenvalue weighted by Crippen LogP contribution is -2.44. The number of carbonyl (C=O) groups excluding carboxylic acids is 2. The summed E-state index contributed by atoms with van der Waals surface area (Å²) in [7, 11) is 2.15. The Morgan fingerprint density at radius 3 is 2.54 bits per heavy atom. The minimum atomic E-state index is -0.0244. The van der Waals surface area contributed by atoms with Crippen molar-refractivity contribution < 1.29 is 9.59 Å². The molecule has 2 aromatic heterocycles. The molecule has 2 aromatic carbocycles. The summed E-state index contributed by atoms with van der Waals surface area (Å²) < 4.78 is 2.72. The van der Waals surface area contributed by atoms with Gasteiger partial charge in [-0.25, -0.2) is 4.98 Å². The molecule has 0 radical (unpaired) electrons. The van der Waals surface area contributed by atoms with Crippen LogP contribution >= 0.6 is 15.9 Å². The van der Waals surface area contributed by atoms with E-state index in [1.54, 1.807) is 10.6 Å². The molecule has 3 heterocycles. The number of carbonyl (C=O) groups is 2. The van der Waals surface area contributed by atoms with E-state index in [1.165, 1.54) is 11.3 Å². The molecule has 5 rings (SSSR count). The van der Waals surface area contributed by atoms with Crippen LogP contribution in [-0.2, 0) is 12.8 Å². The molecule has 37 heavy (non-hydrogen) atoms. The molecule has 0 saturated carbocycles. The molecule has 4 aromatic rings. The van der Waals surface area contributed by atoms with Gasteiger partial charge in [-0.2, -0.15) is 0 Å². The number of likely N-dealkylation sites (N-methyl/N-ethyl adjacent to an activating group) is 1. The topological polar surface area (TPSA) is 57.9 Å². The third kappa shape index (κ3) is 5.68. The SMILES string of the molecule is Cc1ccc(C(=O)CCc2ccccc2N2CCN(C)CC2)cc1CC(=O)c1cnc2cc(Br)ccn12. The van der Waals surface area contributed by atoms with Crippen LogP contribution in [-0.4, -0.2) is 59.1 Å². The van der Waals surface area contributed by atoms with Crippen LogP contribution in [0, 0.1) is 6.92 Å². The maximum absolute atomic E-state index is 13.2. The van der Waals surface area contributed by atoms with Gasteiger partial charge in [0, 0.05) is 60.9 Å². The second kappa shape index (κ2) is 11.0. The molecule has 0 atom stereocenters. The Morgan fingerprint density at radius 2 is 1.73 bits per heavy atom. The Labute approximate surface area is 226 Å². The molecule has 0 bridgehead atoms. The van der Waals surface area contributed by atoms with Crippen molar-refractivity contribution in [3.05, 3.63) is 99.4 Å². The van der Waals surface area contributed by atoms with E-state index in [9.17, 15) is 9.59 Å². The average Bonchev–Trinajstić information content (AvgIpc) is 3.32. The molecule has 1 aliphatic rings. The zero-order chi connectivity index (χ0) is 25.9. The molecule has 6 nitrogen and oxygen atoms in total. The summed E-state index contributed by atoms with van der Waals surface area (Å²) in [6, 6.07) is 17.9. The summed E-state index contributed by atoms with van der Waals surface area (Å²) in [6.07, 6.45) is 4.81. The maximum Gasteiger partial charge on any atom is 0.185 e. The van der Waals surface area contributed by atoms with Crippen LogP contribution in [0.15, 0.2) is 71.5 Å². The van der Waals surface area contributed by atoms with Crippen molar-refractivity contribution in [2.45, 2.75) is 26.2 Å². The molecule has 0 N–H and O–H groups in total. The highest BCUT2D eigenvalue weighted by atomic mass is 79.9. The molecule has 1 saturated heterocycles. The van der Waals surface area contributed by atoms with Crippen LogP contribution in [0.2, 0.25) is 0 Å². The lowest BCUT2D eigenvalue weighted by molar-refractivity contribution is 0.0973. The quantitative estimate of drug-likeness (QED) is 0.271. The van der Waals surface area contributed by atoms with E-state index in [-0.39, 0.29) is 18.0 Å². The van der Waals surface area contributed by atoms with Gasteiger partial charge in [-0.3, -0.25) is 14.0 Å². The van der Waals surface area contributed by atoms with E-state index in [1.807, 2.05) is 49.5 Å². The summed E-state index contributed by atoms with van der Waals surface area (Å²) >= 11 is 3.44. The number of pyridine rings is 1. The van der Waals surface area contributed by atoms with Gasteiger partial charge in [0.1, 0.15) is 11.3 Å². The number of Topliss-reactive ketones (excluding diaryl/α,β-unsaturated/α-hetero) is 2. The Bertz CT molecular complexity index is 1450. The highest BCUT2D eigenvalue weighted by molar-refractivity contribution is 9.10. The van der Waals surface area contributed by atoms with Crippen LogP contribution in [0.5, 0.6) is 0 Å². The van der Waals surface area contributed by atoms with Crippen molar-refractivity contribution >= 4 is 38.8 Å². The van der Waals surface area contributed by atoms with Crippen LogP contribution in [0.25, 0.3) is 5.65 Å². The van der Waals surface area contributed by atoms with Crippen molar-refractivity contribution in [3.63, 3.8) is 0 Å². The Kier molecular flexibility index (Phi) is 7.53. The number of para-hydroxylation sites is 1. The van der Waals surface area contributed by atoms with Gasteiger partial charge in [0.25, 0.3) is 0 Å². The Hall–Kier alpha value is -3.29. The average molecular weight is 560 g/mol. The van der Waals surface area contributed by atoms with E-state index < -0.39 is 0 Å². The van der Waals surface area contributed by atoms with Gasteiger partial charge in [-0.1, -0.05) is 46.3 Å². The zero-order valence-electron chi connectivity index (χ0n) is 21.3. The van der Waals surface area contributed by atoms with Gasteiger partial charge in [0.15, 0.2) is 11.6 Å². The Morgan fingerprint density at radius 1 is 0.946 bits per heavy atom. The van der Waals surface area contributed by atoms with Gasteiger partial charge in [0.2, 0.25) is 0 Å². The number of ketones is 2. The number of fused-ring (bicyclic) bond motifs is 1. The monoisotopic (exact) mass is 558 g/mol. The third-order valence-corrected chi connectivity index (χ3v) is 7.73. The first-order valence-corrected chi connectivity index (χ1v) is 13.5. The maximum atomic E-state index is 13.2. The number of aryl methyl sites for hydroxylation is 2. The van der Waals surface area contributed by atoms with Crippen LogP contribution in [0.3, 0.4) is 0 Å². The van der Waals surface area contributed by atoms with Gasteiger partial charge < -0.3 is 9.80 Å². The van der Waals surface area contributed by atoms with Gasteiger partial charge in [-0.05, 0) is 61.3 Å². The van der Waals surface area contributed by atoms with Gasteiger partial charge >= 0.3 is 0 Å². The summed E-state index contributed by atoms with van der Waals surface area (Å²) in [6.45, 7) is 6.07. The fourth-order valence-corrected chi connectivity index (χ4v) is 5.25. The number of aromatic nitrogens is 2. The fraction of sp³-hybridized carbons (Fsp3) is 0.300. The molecular formula is C30H31BrN4O2. The summed E-state index contributed by atoms with van der Waals surface area (Å²) in [4.78, 5) is 35.5. The fourth-order valence-electron chi connectivity index (χ4n) is 4.93. The lowest BCUT2D eigenvalue weighted by atomic mass is 9.95. The van der Waals surface area contributed by atoms with E-state index in [0.717, 1.165) is 47.4 Å². The molecular weight excluding hydrogens is 528 g/mol. The Balaban J connectivity index is 1.28. The molecule has 190 valence electrons.